The second-order valence-corrected chi connectivity index (χ2v) is 6.63. The van der Waals surface area contributed by atoms with Gasteiger partial charge in [0.05, 0.1) is 5.69 Å². The van der Waals surface area contributed by atoms with Crippen LogP contribution in [-0.2, 0) is 9.59 Å². The Morgan fingerprint density at radius 2 is 2.00 bits per heavy atom. The van der Waals surface area contributed by atoms with Gasteiger partial charge in [-0.1, -0.05) is 12.1 Å². The van der Waals surface area contributed by atoms with Gasteiger partial charge in [-0.15, -0.1) is 0 Å². The van der Waals surface area contributed by atoms with Crippen LogP contribution in [0.15, 0.2) is 36.4 Å². The number of ether oxygens (including phenoxy) is 2. The molecule has 1 unspecified atom stereocenters. The van der Waals surface area contributed by atoms with E-state index in [1.54, 1.807) is 30.0 Å². The summed E-state index contributed by atoms with van der Waals surface area (Å²) in [7, 11) is 0. The summed E-state index contributed by atoms with van der Waals surface area (Å²) in [6.07, 6.45) is -0.545. The van der Waals surface area contributed by atoms with Crippen LogP contribution in [0.5, 0.6) is 11.5 Å². The number of benzene rings is 2. The first-order chi connectivity index (χ1) is 12.9. The average molecular weight is 368 g/mol. The zero-order chi connectivity index (χ0) is 19.6. The summed E-state index contributed by atoms with van der Waals surface area (Å²) in [5.41, 5.74) is 3.37. The fraction of sp³-hybridized carbons (Fsp3) is 0.333. The molecule has 0 saturated heterocycles. The standard InChI is InChI=1S/C21H24N2O4/c1-5-23-17-9-8-16(11-19(17)27-15(4)21(23)25)22-20(24)12-26-18-10-13(2)6-7-14(18)3/h6-11,15H,5,12H2,1-4H3,(H,22,24). The maximum Gasteiger partial charge on any atom is 0.267 e. The van der Waals surface area contributed by atoms with Crippen molar-refractivity contribution >= 4 is 23.2 Å². The molecule has 6 nitrogen and oxygen atoms in total. The molecule has 0 aromatic heterocycles. The molecule has 1 heterocycles. The highest BCUT2D eigenvalue weighted by Crippen LogP contribution is 2.36. The van der Waals surface area contributed by atoms with Crippen LogP contribution in [-0.4, -0.2) is 31.1 Å². The summed E-state index contributed by atoms with van der Waals surface area (Å²) in [6.45, 7) is 8.03. The molecule has 0 aliphatic carbocycles. The van der Waals surface area contributed by atoms with Crippen molar-refractivity contribution in [2.24, 2.45) is 0 Å². The van der Waals surface area contributed by atoms with Gasteiger partial charge in [0.1, 0.15) is 11.5 Å². The van der Waals surface area contributed by atoms with Gasteiger partial charge < -0.3 is 19.7 Å². The largest absolute Gasteiger partial charge is 0.483 e. The third-order valence-corrected chi connectivity index (χ3v) is 4.47. The van der Waals surface area contributed by atoms with E-state index in [-0.39, 0.29) is 18.4 Å². The normalized spacial score (nSPS) is 15.8. The van der Waals surface area contributed by atoms with Gasteiger partial charge in [-0.3, -0.25) is 9.59 Å². The molecular formula is C21H24N2O4. The Morgan fingerprint density at radius 1 is 1.22 bits per heavy atom. The first-order valence-electron chi connectivity index (χ1n) is 9.01. The highest BCUT2D eigenvalue weighted by molar-refractivity contribution is 6.00. The minimum atomic E-state index is -0.545. The number of fused-ring (bicyclic) bond motifs is 1. The van der Waals surface area contributed by atoms with Gasteiger partial charge in [0.25, 0.3) is 11.8 Å². The lowest BCUT2D eigenvalue weighted by molar-refractivity contribution is -0.125. The van der Waals surface area contributed by atoms with Crippen LogP contribution < -0.4 is 19.7 Å². The van der Waals surface area contributed by atoms with Gasteiger partial charge in [0.2, 0.25) is 0 Å². The molecule has 0 fully saturated rings. The van der Waals surface area contributed by atoms with E-state index >= 15 is 0 Å². The first-order valence-corrected chi connectivity index (χ1v) is 9.01. The van der Waals surface area contributed by atoms with Crippen LogP contribution >= 0.6 is 0 Å². The zero-order valence-corrected chi connectivity index (χ0v) is 16.0. The fourth-order valence-electron chi connectivity index (χ4n) is 3.02. The van der Waals surface area contributed by atoms with Crippen LogP contribution in [0.3, 0.4) is 0 Å². The topological polar surface area (TPSA) is 67.9 Å². The maximum absolute atomic E-state index is 12.2. The summed E-state index contributed by atoms with van der Waals surface area (Å²) in [6, 6.07) is 11.1. The van der Waals surface area contributed by atoms with Crippen LogP contribution in [0.2, 0.25) is 0 Å². The molecule has 6 heteroatoms. The average Bonchev–Trinajstić information content (AvgIpc) is 2.63. The van der Waals surface area contributed by atoms with Crippen molar-refractivity contribution in [3.8, 4) is 11.5 Å². The lowest BCUT2D eigenvalue weighted by Gasteiger charge is -2.32. The fourth-order valence-corrected chi connectivity index (χ4v) is 3.02. The van der Waals surface area contributed by atoms with E-state index in [0.29, 0.717) is 29.4 Å². The van der Waals surface area contributed by atoms with Gasteiger partial charge >= 0.3 is 0 Å². The summed E-state index contributed by atoms with van der Waals surface area (Å²) < 4.78 is 11.3. The van der Waals surface area contributed by atoms with Gasteiger partial charge in [-0.05, 0) is 57.0 Å². The van der Waals surface area contributed by atoms with E-state index in [1.807, 2.05) is 39.0 Å². The Bertz CT molecular complexity index is 878. The van der Waals surface area contributed by atoms with E-state index in [4.69, 9.17) is 9.47 Å². The van der Waals surface area contributed by atoms with Gasteiger partial charge in [-0.25, -0.2) is 0 Å². The quantitative estimate of drug-likeness (QED) is 0.878. The molecule has 0 spiro atoms. The van der Waals surface area contributed by atoms with E-state index in [2.05, 4.69) is 5.32 Å². The number of nitrogens with zero attached hydrogens (tertiary/aromatic N) is 1. The van der Waals surface area contributed by atoms with Crippen LogP contribution in [0.4, 0.5) is 11.4 Å². The van der Waals surface area contributed by atoms with Crippen molar-refractivity contribution in [3.63, 3.8) is 0 Å². The third-order valence-electron chi connectivity index (χ3n) is 4.47. The summed E-state index contributed by atoms with van der Waals surface area (Å²) in [4.78, 5) is 26.1. The number of carbonyl (C=O) groups excluding carboxylic acids is 2. The Balaban J connectivity index is 1.67. The maximum atomic E-state index is 12.2. The number of nitrogens with one attached hydrogen (secondary N) is 1. The van der Waals surface area contributed by atoms with Crippen molar-refractivity contribution in [2.45, 2.75) is 33.8 Å². The molecule has 0 bridgehead atoms. The minimum Gasteiger partial charge on any atom is -0.483 e. The molecule has 2 amide bonds. The molecule has 2 aromatic rings. The Kier molecular flexibility index (Phi) is 5.35. The molecule has 1 aliphatic heterocycles. The van der Waals surface area contributed by atoms with Crippen molar-refractivity contribution < 1.29 is 19.1 Å². The van der Waals surface area contributed by atoms with Crippen molar-refractivity contribution in [1.82, 2.24) is 0 Å². The highest BCUT2D eigenvalue weighted by Gasteiger charge is 2.30. The molecule has 3 rings (SSSR count). The van der Waals surface area contributed by atoms with Crippen molar-refractivity contribution in [2.75, 3.05) is 23.4 Å². The molecule has 1 atom stereocenters. The number of rotatable bonds is 5. The highest BCUT2D eigenvalue weighted by atomic mass is 16.5. The third kappa shape index (κ3) is 4.05. The van der Waals surface area contributed by atoms with Gasteiger partial charge in [0, 0.05) is 18.3 Å². The summed E-state index contributed by atoms with van der Waals surface area (Å²) in [5, 5.41) is 2.81. The van der Waals surface area contributed by atoms with E-state index in [9.17, 15) is 9.59 Å². The second-order valence-electron chi connectivity index (χ2n) is 6.63. The van der Waals surface area contributed by atoms with Crippen molar-refractivity contribution in [1.29, 1.82) is 0 Å². The molecule has 0 saturated carbocycles. The first kappa shape index (κ1) is 18.8. The van der Waals surface area contributed by atoms with E-state index < -0.39 is 6.10 Å². The minimum absolute atomic E-state index is 0.0660. The Hall–Kier alpha value is -3.02. The Labute approximate surface area is 159 Å². The number of amides is 2. The van der Waals surface area contributed by atoms with Gasteiger partial charge in [-0.2, -0.15) is 0 Å². The SMILES string of the molecule is CCN1C(=O)C(C)Oc2cc(NC(=O)COc3cc(C)ccc3C)ccc21. The molecule has 0 radical (unpaired) electrons. The predicted octanol–water partition coefficient (Wildman–Crippen LogP) is 3.45. The predicted molar refractivity (Wildman–Crippen MR) is 105 cm³/mol. The van der Waals surface area contributed by atoms with Crippen molar-refractivity contribution in [3.05, 3.63) is 47.5 Å². The van der Waals surface area contributed by atoms with E-state index in [1.165, 1.54) is 0 Å². The molecular weight excluding hydrogens is 344 g/mol. The van der Waals surface area contributed by atoms with Crippen LogP contribution in [0.1, 0.15) is 25.0 Å². The second kappa shape index (κ2) is 7.70. The summed E-state index contributed by atoms with van der Waals surface area (Å²) in [5.74, 6) is 0.953. The summed E-state index contributed by atoms with van der Waals surface area (Å²) >= 11 is 0. The zero-order valence-electron chi connectivity index (χ0n) is 16.0. The van der Waals surface area contributed by atoms with E-state index in [0.717, 1.165) is 11.1 Å². The number of carbonyl (C=O) groups is 2. The number of aryl methyl sites for hydroxylation is 2. The molecule has 1 N–H and O–H groups in total. The smallest absolute Gasteiger partial charge is 0.267 e. The number of likely N-dealkylation sites (N-methyl/N-ethyl adjacent to an activating group) is 1. The Morgan fingerprint density at radius 3 is 2.74 bits per heavy atom. The lowest BCUT2D eigenvalue weighted by atomic mass is 10.1. The monoisotopic (exact) mass is 368 g/mol. The molecule has 2 aromatic carbocycles. The molecule has 27 heavy (non-hydrogen) atoms. The molecule has 1 aliphatic rings. The number of hydrogen-bond acceptors (Lipinski definition) is 4. The number of hydrogen-bond donors (Lipinski definition) is 1. The van der Waals surface area contributed by atoms with Crippen LogP contribution in [0.25, 0.3) is 0 Å². The lowest BCUT2D eigenvalue weighted by Crippen LogP contribution is -2.44. The van der Waals surface area contributed by atoms with Crippen LogP contribution in [0, 0.1) is 13.8 Å². The van der Waals surface area contributed by atoms with Gasteiger partial charge in [0.15, 0.2) is 12.7 Å². The molecule has 142 valence electrons. The number of anilines is 2.